The highest BCUT2D eigenvalue weighted by Gasteiger charge is 2.26. The SMILES string of the molecule is CCOc1nc2c(c(-c3ccc(OC)cc3)c1C#N)CCc1ccccc1-2. The molecule has 0 fully saturated rings. The Labute approximate surface area is 159 Å². The van der Waals surface area contributed by atoms with Gasteiger partial charge in [-0.1, -0.05) is 36.4 Å². The minimum Gasteiger partial charge on any atom is -0.497 e. The van der Waals surface area contributed by atoms with E-state index in [-0.39, 0.29) is 0 Å². The lowest BCUT2D eigenvalue weighted by molar-refractivity contribution is 0.326. The van der Waals surface area contributed by atoms with E-state index in [1.807, 2.05) is 37.3 Å². The lowest BCUT2D eigenvalue weighted by Gasteiger charge is -2.24. The lowest BCUT2D eigenvalue weighted by atomic mass is 9.83. The van der Waals surface area contributed by atoms with E-state index in [0.29, 0.717) is 18.1 Å². The Morgan fingerprint density at radius 1 is 1.07 bits per heavy atom. The topological polar surface area (TPSA) is 55.1 Å². The van der Waals surface area contributed by atoms with E-state index < -0.39 is 0 Å². The van der Waals surface area contributed by atoms with Crippen LogP contribution in [-0.4, -0.2) is 18.7 Å². The van der Waals surface area contributed by atoms with Gasteiger partial charge in [0.2, 0.25) is 5.88 Å². The van der Waals surface area contributed by atoms with Crippen LogP contribution in [0, 0.1) is 11.3 Å². The molecule has 1 aliphatic carbocycles. The highest BCUT2D eigenvalue weighted by atomic mass is 16.5. The predicted octanol–water partition coefficient (Wildman–Crippen LogP) is 4.79. The molecule has 3 aromatic rings. The van der Waals surface area contributed by atoms with Crippen LogP contribution in [0.5, 0.6) is 11.6 Å². The van der Waals surface area contributed by atoms with E-state index in [1.165, 1.54) is 5.56 Å². The van der Waals surface area contributed by atoms with Crippen LogP contribution in [-0.2, 0) is 12.8 Å². The third-order valence-corrected chi connectivity index (χ3v) is 4.95. The van der Waals surface area contributed by atoms with Gasteiger partial charge in [-0.15, -0.1) is 0 Å². The van der Waals surface area contributed by atoms with Gasteiger partial charge in [0.15, 0.2) is 0 Å². The van der Waals surface area contributed by atoms with Gasteiger partial charge in [0.1, 0.15) is 17.4 Å². The lowest BCUT2D eigenvalue weighted by Crippen LogP contribution is -2.11. The van der Waals surface area contributed by atoms with Crippen LogP contribution in [0.1, 0.15) is 23.6 Å². The van der Waals surface area contributed by atoms with Crippen LogP contribution in [0.2, 0.25) is 0 Å². The minimum atomic E-state index is 0.404. The third-order valence-electron chi connectivity index (χ3n) is 4.95. The number of benzene rings is 2. The summed E-state index contributed by atoms with van der Waals surface area (Å²) >= 11 is 0. The quantitative estimate of drug-likeness (QED) is 0.674. The van der Waals surface area contributed by atoms with Gasteiger partial charge in [0.25, 0.3) is 0 Å². The summed E-state index contributed by atoms with van der Waals surface area (Å²) in [6, 6.07) is 18.5. The van der Waals surface area contributed by atoms with Crippen molar-refractivity contribution in [3.63, 3.8) is 0 Å². The van der Waals surface area contributed by atoms with Crippen molar-refractivity contribution < 1.29 is 9.47 Å². The van der Waals surface area contributed by atoms with E-state index in [9.17, 15) is 5.26 Å². The van der Waals surface area contributed by atoms with Gasteiger partial charge >= 0.3 is 0 Å². The molecule has 0 saturated carbocycles. The fourth-order valence-electron chi connectivity index (χ4n) is 3.72. The van der Waals surface area contributed by atoms with Crippen molar-refractivity contribution in [3.8, 4) is 40.1 Å². The monoisotopic (exact) mass is 356 g/mol. The first-order chi connectivity index (χ1) is 13.3. The van der Waals surface area contributed by atoms with Crippen LogP contribution in [0.25, 0.3) is 22.4 Å². The summed E-state index contributed by atoms with van der Waals surface area (Å²) in [7, 11) is 1.65. The van der Waals surface area contributed by atoms with E-state index in [0.717, 1.165) is 46.5 Å². The van der Waals surface area contributed by atoms with Crippen molar-refractivity contribution in [2.45, 2.75) is 19.8 Å². The molecule has 134 valence electrons. The van der Waals surface area contributed by atoms with Crippen molar-refractivity contribution in [2.24, 2.45) is 0 Å². The number of ether oxygens (including phenoxy) is 2. The van der Waals surface area contributed by atoms with Gasteiger partial charge in [-0.2, -0.15) is 5.26 Å². The standard InChI is InChI=1S/C23H20N2O2/c1-3-27-23-20(14-24)21(16-8-11-17(26-2)12-9-16)19-13-10-15-6-4-5-7-18(15)22(19)25-23/h4-9,11-12H,3,10,13H2,1-2H3. The van der Waals surface area contributed by atoms with Crippen molar-refractivity contribution in [3.05, 3.63) is 65.2 Å². The first kappa shape index (κ1) is 17.1. The Morgan fingerprint density at radius 3 is 2.56 bits per heavy atom. The van der Waals surface area contributed by atoms with Gasteiger partial charge in [0, 0.05) is 11.1 Å². The van der Waals surface area contributed by atoms with Crippen molar-refractivity contribution >= 4 is 0 Å². The van der Waals surface area contributed by atoms with Crippen LogP contribution in [0.4, 0.5) is 0 Å². The maximum Gasteiger partial charge on any atom is 0.232 e. The third kappa shape index (κ3) is 2.92. The largest absolute Gasteiger partial charge is 0.497 e. The second-order valence-corrected chi connectivity index (χ2v) is 6.42. The van der Waals surface area contributed by atoms with Gasteiger partial charge in [0.05, 0.1) is 19.4 Å². The second kappa shape index (κ2) is 7.13. The predicted molar refractivity (Wildman–Crippen MR) is 105 cm³/mol. The Kier molecular flexibility index (Phi) is 4.52. The van der Waals surface area contributed by atoms with Gasteiger partial charge in [-0.05, 0) is 48.6 Å². The van der Waals surface area contributed by atoms with E-state index in [4.69, 9.17) is 14.5 Å². The average Bonchev–Trinajstić information content (AvgIpc) is 2.73. The van der Waals surface area contributed by atoms with E-state index >= 15 is 0 Å². The van der Waals surface area contributed by atoms with Crippen molar-refractivity contribution in [1.29, 1.82) is 5.26 Å². The number of hydrogen-bond acceptors (Lipinski definition) is 4. The molecule has 1 heterocycles. The number of hydrogen-bond donors (Lipinski definition) is 0. The fourth-order valence-corrected chi connectivity index (χ4v) is 3.72. The summed E-state index contributed by atoms with van der Waals surface area (Å²) in [6.45, 7) is 2.37. The molecule has 4 heteroatoms. The molecule has 4 nitrogen and oxygen atoms in total. The molecule has 0 aliphatic heterocycles. The summed E-state index contributed by atoms with van der Waals surface area (Å²) in [4.78, 5) is 4.77. The molecule has 1 aromatic heterocycles. The molecule has 0 unspecified atom stereocenters. The van der Waals surface area contributed by atoms with Crippen LogP contribution in [0.15, 0.2) is 48.5 Å². The Morgan fingerprint density at radius 2 is 1.85 bits per heavy atom. The fraction of sp³-hybridized carbons (Fsp3) is 0.217. The molecule has 0 saturated heterocycles. The molecule has 0 spiro atoms. The smallest absolute Gasteiger partial charge is 0.232 e. The molecule has 4 rings (SSSR count). The molecular weight excluding hydrogens is 336 g/mol. The second-order valence-electron chi connectivity index (χ2n) is 6.42. The van der Waals surface area contributed by atoms with Crippen LogP contribution < -0.4 is 9.47 Å². The molecule has 0 atom stereocenters. The zero-order chi connectivity index (χ0) is 18.8. The number of nitriles is 1. The number of pyridine rings is 1. The van der Waals surface area contributed by atoms with E-state index in [2.05, 4.69) is 24.3 Å². The Hall–Kier alpha value is -3.32. The van der Waals surface area contributed by atoms with Gasteiger partial charge in [-0.3, -0.25) is 0 Å². The Balaban J connectivity index is 2.02. The number of aromatic nitrogens is 1. The molecular formula is C23H20N2O2. The summed E-state index contributed by atoms with van der Waals surface area (Å²) in [5, 5.41) is 9.89. The van der Waals surface area contributed by atoms with E-state index in [1.54, 1.807) is 7.11 Å². The zero-order valence-electron chi connectivity index (χ0n) is 15.5. The van der Waals surface area contributed by atoms with Gasteiger partial charge < -0.3 is 9.47 Å². The van der Waals surface area contributed by atoms with Gasteiger partial charge in [-0.25, -0.2) is 4.98 Å². The summed E-state index contributed by atoms with van der Waals surface area (Å²) in [5.41, 5.74) is 6.84. The highest BCUT2D eigenvalue weighted by molar-refractivity contribution is 5.84. The molecule has 0 bridgehead atoms. The summed E-state index contributed by atoms with van der Waals surface area (Å²) in [5.74, 6) is 1.19. The summed E-state index contributed by atoms with van der Waals surface area (Å²) in [6.07, 6.45) is 1.79. The van der Waals surface area contributed by atoms with Crippen LogP contribution >= 0.6 is 0 Å². The first-order valence-corrected chi connectivity index (χ1v) is 9.09. The van der Waals surface area contributed by atoms with Crippen LogP contribution in [0.3, 0.4) is 0 Å². The zero-order valence-corrected chi connectivity index (χ0v) is 15.5. The number of methoxy groups -OCH3 is 1. The normalized spacial score (nSPS) is 11.9. The first-order valence-electron chi connectivity index (χ1n) is 9.09. The minimum absolute atomic E-state index is 0.404. The maximum atomic E-state index is 9.89. The summed E-state index contributed by atoms with van der Waals surface area (Å²) < 4.78 is 11.0. The maximum absolute atomic E-state index is 9.89. The number of fused-ring (bicyclic) bond motifs is 3. The number of aryl methyl sites for hydroxylation is 1. The highest BCUT2D eigenvalue weighted by Crippen LogP contribution is 2.42. The molecule has 0 N–H and O–H groups in total. The number of nitrogens with zero attached hydrogens (tertiary/aromatic N) is 2. The van der Waals surface area contributed by atoms with Crippen molar-refractivity contribution in [2.75, 3.05) is 13.7 Å². The molecule has 2 aromatic carbocycles. The van der Waals surface area contributed by atoms with Crippen molar-refractivity contribution in [1.82, 2.24) is 4.98 Å². The molecule has 27 heavy (non-hydrogen) atoms. The number of rotatable bonds is 4. The molecule has 0 amide bonds. The Bertz CT molecular complexity index is 1030. The molecule has 0 radical (unpaired) electrons. The average molecular weight is 356 g/mol. The molecule has 1 aliphatic rings.